The molecule has 0 saturated carbocycles. The van der Waals surface area contributed by atoms with E-state index in [0.29, 0.717) is 28.2 Å². The maximum atomic E-state index is 12.8. The van der Waals surface area contributed by atoms with Crippen LogP contribution in [0.25, 0.3) is 11.1 Å². The molecule has 5 nitrogen and oxygen atoms in total. The highest BCUT2D eigenvalue weighted by Crippen LogP contribution is 2.27. The lowest BCUT2D eigenvalue weighted by molar-refractivity contribution is 0.555. The molecular formula is C13H10FN3O2. The number of anilines is 3. The molecule has 4 N–H and O–H groups in total. The third-order valence-corrected chi connectivity index (χ3v) is 2.71. The van der Waals surface area contributed by atoms with Crippen molar-refractivity contribution in [3.8, 4) is 0 Å². The third-order valence-electron chi connectivity index (χ3n) is 2.71. The van der Waals surface area contributed by atoms with Crippen LogP contribution in [0.1, 0.15) is 0 Å². The Bertz CT molecular complexity index is 790. The number of nitrogen functional groups attached to an aromatic ring is 1. The van der Waals surface area contributed by atoms with E-state index < -0.39 is 5.76 Å². The van der Waals surface area contributed by atoms with Crippen LogP contribution in [0.2, 0.25) is 0 Å². The van der Waals surface area contributed by atoms with Gasteiger partial charge in [-0.25, -0.2) is 9.18 Å². The van der Waals surface area contributed by atoms with Gasteiger partial charge in [0.2, 0.25) is 0 Å². The largest absolute Gasteiger partial charge is 0.417 e. The molecule has 96 valence electrons. The SMILES string of the molecule is Nc1cc2oc(=O)[nH]c2cc1Nc1ccc(F)cc1. The molecule has 0 radical (unpaired) electrons. The average Bonchev–Trinajstić information content (AvgIpc) is 2.72. The first kappa shape index (κ1) is 11.3. The van der Waals surface area contributed by atoms with Crippen molar-refractivity contribution >= 4 is 28.2 Å². The zero-order valence-electron chi connectivity index (χ0n) is 9.74. The molecule has 3 rings (SSSR count). The fourth-order valence-electron chi connectivity index (χ4n) is 1.81. The summed E-state index contributed by atoms with van der Waals surface area (Å²) in [6.07, 6.45) is 0. The molecule has 0 spiro atoms. The summed E-state index contributed by atoms with van der Waals surface area (Å²) in [6.45, 7) is 0. The molecular weight excluding hydrogens is 249 g/mol. The summed E-state index contributed by atoms with van der Waals surface area (Å²) < 4.78 is 17.7. The highest BCUT2D eigenvalue weighted by Gasteiger charge is 2.07. The number of hydrogen-bond acceptors (Lipinski definition) is 4. The molecule has 0 atom stereocenters. The summed E-state index contributed by atoms with van der Waals surface area (Å²) in [7, 11) is 0. The van der Waals surface area contributed by atoms with Crippen molar-refractivity contribution in [2.75, 3.05) is 11.1 Å². The fourth-order valence-corrected chi connectivity index (χ4v) is 1.81. The minimum atomic E-state index is -0.534. The molecule has 0 bridgehead atoms. The van der Waals surface area contributed by atoms with Gasteiger partial charge in [-0.15, -0.1) is 0 Å². The Morgan fingerprint density at radius 3 is 2.68 bits per heavy atom. The van der Waals surface area contributed by atoms with Crippen molar-refractivity contribution < 1.29 is 8.81 Å². The molecule has 1 heterocycles. The van der Waals surface area contributed by atoms with Crippen LogP contribution in [-0.4, -0.2) is 4.98 Å². The van der Waals surface area contributed by atoms with Crippen molar-refractivity contribution in [1.82, 2.24) is 4.98 Å². The summed E-state index contributed by atoms with van der Waals surface area (Å²) in [5.41, 5.74) is 8.53. The number of halogens is 1. The predicted octanol–water partition coefficient (Wildman–Crippen LogP) is 2.59. The molecule has 19 heavy (non-hydrogen) atoms. The van der Waals surface area contributed by atoms with Gasteiger partial charge in [0.25, 0.3) is 0 Å². The van der Waals surface area contributed by atoms with E-state index in [1.54, 1.807) is 24.3 Å². The lowest BCUT2D eigenvalue weighted by atomic mass is 10.2. The molecule has 0 aliphatic carbocycles. The van der Waals surface area contributed by atoms with Crippen LogP contribution in [0.15, 0.2) is 45.6 Å². The van der Waals surface area contributed by atoms with Crippen LogP contribution >= 0.6 is 0 Å². The number of rotatable bonds is 2. The van der Waals surface area contributed by atoms with Crippen molar-refractivity contribution in [3.05, 3.63) is 52.8 Å². The Balaban J connectivity index is 2.02. The summed E-state index contributed by atoms with van der Waals surface area (Å²) >= 11 is 0. The van der Waals surface area contributed by atoms with Crippen LogP contribution < -0.4 is 16.8 Å². The van der Waals surface area contributed by atoms with Crippen LogP contribution in [-0.2, 0) is 0 Å². The Morgan fingerprint density at radius 1 is 1.21 bits per heavy atom. The van der Waals surface area contributed by atoms with Crippen LogP contribution in [0, 0.1) is 5.82 Å². The van der Waals surface area contributed by atoms with Crippen LogP contribution in [0.3, 0.4) is 0 Å². The number of nitrogens with two attached hydrogens (primary N) is 1. The molecule has 3 aromatic rings. The number of aromatic amines is 1. The second-order valence-electron chi connectivity index (χ2n) is 4.08. The molecule has 0 amide bonds. The zero-order chi connectivity index (χ0) is 13.4. The van der Waals surface area contributed by atoms with E-state index in [4.69, 9.17) is 10.2 Å². The van der Waals surface area contributed by atoms with E-state index in [1.165, 1.54) is 12.1 Å². The highest BCUT2D eigenvalue weighted by atomic mass is 19.1. The highest BCUT2D eigenvalue weighted by molar-refractivity contribution is 5.86. The minimum Gasteiger partial charge on any atom is -0.408 e. The van der Waals surface area contributed by atoms with E-state index in [2.05, 4.69) is 10.3 Å². The number of H-pyrrole nitrogens is 1. The maximum Gasteiger partial charge on any atom is 0.417 e. The molecule has 0 aliphatic heterocycles. The molecule has 0 aliphatic rings. The standard InChI is InChI=1S/C13H10FN3O2/c14-7-1-3-8(4-2-7)16-10-6-11-12(5-9(10)15)19-13(18)17-11/h1-6,16H,15H2,(H,17,18). The number of hydrogen-bond donors (Lipinski definition) is 3. The Labute approximate surface area is 106 Å². The van der Waals surface area contributed by atoms with Gasteiger partial charge in [-0.05, 0) is 30.3 Å². The first-order chi connectivity index (χ1) is 9.11. The average molecular weight is 259 g/mol. The third kappa shape index (κ3) is 2.15. The smallest absolute Gasteiger partial charge is 0.408 e. The van der Waals surface area contributed by atoms with Gasteiger partial charge < -0.3 is 15.5 Å². The van der Waals surface area contributed by atoms with Gasteiger partial charge in [0, 0.05) is 11.8 Å². The second kappa shape index (κ2) is 4.16. The van der Waals surface area contributed by atoms with E-state index in [1.807, 2.05) is 0 Å². The monoisotopic (exact) mass is 259 g/mol. The van der Waals surface area contributed by atoms with Crippen molar-refractivity contribution in [2.45, 2.75) is 0 Å². The van der Waals surface area contributed by atoms with Crippen molar-refractivity contribution in [3.63, 3.8) is 0 Å². The Morgan fingerprint density at radius 2 is 1.95 bits per heavy atom. The summed E-state index contributed by atoms with van der Waals surface area (Å²) in [4.78, 5) is 13.6. The minimum absolute atomic E-state index is 0.312. The topological polar surface area (TPSA) is 84.0 Å². The van der Waals surface area contributed by atoms with Gasteiger partial charge in [0.1, 0.15) is 5.82 Å². The second-order valence-corrected chi connectivity index (χ2v) is 4.08. The quantitative estimate of drug-likeness (QED) is 0.617. The van der Waals surface area contributed by atoms with Gasteiger partial charge in [-0.1, -0.05) is 0 Å². The lowest BCUT2D eigenvalue weighted by Crippen LogP contribution is -1.96. The number of oxazole rings is 1. The van der Waals surface area contributed by atoms with Gasteiger partial charge in [-0.2, -0.15) is 0 Å². The molecule has 0 fully saturated rings. The van der Waals surface area contributed by atoms with Crippen molar-refractivity contribution in [1.29, 1.82) is 0 Å². The van der Waals surface area contributed by atoms with Gasteiger partial charge >= 0.3 is 5.76 Å². The Kier molecular flexibility index (Phi) is 2.49. The number of aromatic nitrogens is 1. The van der Waals surface area contributed by atoms with E-state index >= 15 is 0 Å². The molecule has 6 heteroatoms. The van der Waals surface area contributed by atoms with Gasteiger partial charge in [-0.3, -0.25) is 4.98 Å². The Hall–Kier alpha value is -2.76. The molecule has 0 saturated heterocycles. The maximum absolute atomic E-state index is 12.8. The predicted molar refractivity (Wildman–Crippen MR) is 70.9 cm³/mol. The first-order valence-corrected chi connectivity index (χ1v) is 5.57. The van der Waals surface area contributed by atoms with E-state index in [9.17, 15) is 9.18 Å². The van der Waals surface area contributed by atoms with Crippen LogP contribution in [0.5, 0.6) is 0 Å². The van der Waals surface area contributed by atoms with Crippen LogP contribution in [0.4, 0.5) is 21.5 Å². The van der Waals surface area contributed by atoms with Crippen molar-refractivity contribution in [2.24, 2.45) is 0 Å². The molecule has 2 aromatic carbocycles. The van der Waals surface area contributed by atoms with E-state index in [-0.39, 0.29) is 5.82 Å². The van der Waals surface area contributed by atoms with Gasteiger partial charge in [0.05, 0.1) is 16.9 Å². The summed E-state index contributed by atoms with van der Waals surface area (Å²) in [6, 6.07) is 9.10. The molecule has 0 unspecified atom stereocenters. The number of nitrogens with one attached hydrogen (secondary N) is 2. The number of fused-ring (bicyclic) bond motifs is 1. The lowest BCUT2D eigenvalue weighted by Gasteiger charge is -2.09. The summed E-state index contributed by atoms with van der Waals surface area (Å²) in [5, 5.41) is 3.05. The zero-order valence-corrected chi connectivity index (χ0v) is 9.74. The van der Waals surface area contributed by atoms with Gasteiger partial charge in [0.15, 0.2) is 5.58 Å². The first-order valence-electron chi connectivity index (χ1n) is 5.57. The summed E-state index contributed by atoms with van der Waals surface area (Å²) in [5.74, 6) is -0.846. The normalized spacial score (nSPS) is 10.8. The van der Waals surface area contributed by atoms with E-state index in [0.717, 1.165) is 0 Å². The molecule has 1 aromatic heterocycles. The number of benzene rings is 2. The fraction of sp³-hybridized carbons (Fsp3) is 0.